The second-order valence-corrected chi connectivity index (χ2v) is 7.83. The molecule has 1 N–H and O–H groups in total. The van der Waals surface area contributed by atoms with Crippen molar-refractivity contribution in [2.24, 2.45) is 0 Å². The third-order valence-electron chi connectivity index (χ3n) is 5.16. The van der Waals surface area contributed by atoms with E-state index in [0.29, 0.717) is 50.7 Å². The molecule has 1 aromatic carbocycles. The maximum Gasteiger partial charge on any atom is 0.410 e. The molecule has 3 rings (SSSR count). The first-order chi connectivity index (χ1) is 14.8. The second kappa shape index (κ2) is 10.0. The molecule has 0 aliphatic carbocycles. The van der Waals surface area contributed by atoms with Crippen molar-refractivity contribution < 1.29 is 22.7 Å². The lowest BCUT2D eigenvalue weighted by Crippen LogP contribution is -2.48. The van der Waals surface area contributed by atoms with Gasteiger partial charge >= 0.3 is 12.1 Å². The number of rotatable bonds is 7. The molecule has 0 radical (unpaired) electrons. The SMILES string of the molecule is CCc1nnc(Nc2cc(C(F)F)cc(CN3CCN(C(=O)OC(C)C)CC3)c2C)o1. The van der Waals surface area contributed by atoms with Gasteiger partial charge in [0.15, 0.2) is 0 Å². The van der Waals surface area contributed by atoms with Gasteiger partial charge in [0, 0.05) is 50.4 Å². The zero-order chi connectivity index (χ0) is 22.5. The Kier molecular flexibility index (Phi) is 7.42. The first-order valence-electron chi connectivity index (χ1n) is 10.5. The van der Waals surface area contributed by atoms with E-state index in [-0.39, 0.29) is 23.8 Å². The van der Waals surface area contributed by atoms with Crippen molar-refractivity contribution in [1.29, 1.82) is 0 Å². The number of halogens is 2. The van der Waals surface area contributed by atoms with Crippen LogP contribution in [0.15, 0.2) is 16.5 Å². The van der Waals surface area contributed by atoms with Crippen molar-refractivity contribution in [2.75, 3.05) is 31.5 Å². The minimum absolute atomic E-state index is 0.0718. The van der Waals surface area contributed by atoms with Crippen LogP contribution in [0.4, 0.5) is 25.3 Å². The van der Waals surface area contributed by atoms with E-state index in [1.807, 2.05) is 27.7 Å². The van der Waals surface area contributed by atoms with Crippen LogP contribution in [0.25, 0.3) is 0 Å². The number of carbonyl (C=O) groups excluding carboxylic acids is 1. The minimum atomic E-state index is -2.60. The van der Waals surface area contributed by atoms with Crippen molar-refractivity contribution >= 4 is 17.8 Å². The highest BCUT2D eigenvalue weighted by Crippen LogP contribution is 2.30. The van der Waals surface area contributed by atoms with Gasteiger partial charge < -0.3 is 19.4 Å². The molecule has 2 heterocycles. The van der Waals surface area contributed by atoms with Crippen molar-refractivity contribution in [3.05, 3.63) is 34.7 Å². The monoisotopic (exact) mass is 437 g/mol. The molecule has 1 aliphatic rings. The molecule has 0 saturated carbocycles. The predicted octanol–water partition coefficient (Wildman–Crippen LogP) is 4.28. The van der Waals surface area contributed by atoms with Crippen LogP contribution in [0, 0.1) is 6.92 Å². The number of hydrogen-bond donors (Lipinski definition) is 1. The smallest absolute Gasteiger partial charge is 0.410 e. The van der Waals surface area contributed by atoms with E-state index in [2.05, 4.69) is 20.4 Å². The highest BCUT2D eigenvalue weighted by atomic mass is 19.3. The fourth-order valence-corrected chi connectivity index (χ4v) is 3.39. The topological polar surface area (TPSA) is 83.7 Å². The lowest BCUT2D eigenvalue weighted by molar-refractivity contribution is 0.0558. The van der Waals surface area contributed by atoms with Crippen LogP contribution in [0.2, 0.25) is 0 Å². The third-order valence-corrected chi connectivity index (χ3v) is 5.16. The molecular weight excluding hydrogens is 408 g/mol. The number of piperazine rings is 1. The van der Waals surface area contributed by atoms with E-state index in [0.717, 1.165) is 11.1 Å². The largest absolute Gasteiger partial charge is 0.447 e. The van der Waals surface area contributed by atoms with Gasteiger partial charge in [-0.05, 0) is 44.0 Å². The molecule has 1 aliphatic heterocycles. The Morgan fingerprint density at radius 2 is 1.94 bits per heavy atom. The molecule has 1 saturated heterocycles. The molecule has 31 heavy (non-hydrogen) atoms. The molecule has 1 fully saturated rings. The molecule has 0 spiro atoms. The van der Waals surface area contributed by atoms with Gasteiger partial charge in [-0.15, -0.1) is 5.10 Å². The van der Waals surface area contributed by atoms with Crippen molar-refractivity contribution in [3.63, 3.8) is 0 Å². The van der Waals surface area contributed by atoms with Crippen LogP contribution < -0.4 is 5.32 Å². The molecular formula is C21H29F2N5O3. The fourth-order valence-electron chi connectivity index (χ4n) is 3.39. The fraction of sp³-hybridized carbons (Fsp3) is 0.571. The predicted molar refractivity (Wildman–Crippen MR) is 112 cm³/mol. The average molecular weight is 437 g/mol. The van der Waals surface area contributed by atoms with Crippen molar-refractivity contribution in [2.45, 2.75) is 53.2 Å². The number of amides is 1. The van der Waals surface area contributed by atoms with Crippen LogP contribution >= 0.6 is 0 Å². The number of alkyl halides is 2. The molecule has 10 heteroatoms. The normalized spacial score (nSPS) is 15.0. The number of nitrogens with one attached hydrogen (secondary N) is 1. The zero-order valence-corrected chi connectivity index (χ0v) is 18.3. The minimum Gasteiger partial charge on any atom is -0.447 e. The molecule has 2 aromatic rings. The Bertz CT molecular complexity index is 895. The van der Waals surface area contributed by atoms with Crippen LogP contribution in [0.5, 0.6) is 0 Å². The quantitative estimate of drug-likeness (QED) is 0.692. The Morgan fingerprint density at radius 3 is 2.52 bits per heavy atom. The highest BCUT2D eigenvalue weighted by molar-refractivity contribution is 5.68. The van der Waals surface area contributed by atoms with Gasteiger partial charge in [0.25, 0.3) is 6.43 Å². The summed E-state index contributed by atoms with van der Waals surface area (Å²) in [7, 11) is 0. The number of ether oxygens (including phenoxy) is 1. The maximum atomic E-state index is 13.5. The molecule has 8 nitrogen and oxygen atoms in total. The van der Waals surface area contributed by atoms with Gasteiger partial charge in [0.1, 0.15) is 0 Å². The van der Waals surface area contributed by atoms with E-state index in [1.165, 1.54) is 12.1 Å². The van der Waals surface area contributed by atoms with E-state index in [9.17, 15) is 13.6 Å². The van der Waals surface area contributed by atoms with E-state index in [4.69, 9.17) is 9.15 Å². The number of anilines is 2. The lowest BCUT2D eigenvalue weighted by atomic mass is 10.0. The molecule has 0 unspecified atom stereocenters. The van der Waals surface area contributed by atoms with Gasteiger partial charge in [-0.25, -0.2) is 13.6 Å². The summed E-state index contributed by atoms with van der Waals surface area (Å²) in [5.74, 6) is 0.472. The maximum absolute atomic E-state index is 13.5. The first kappa shape index (κ1) is 22.9. The summed E-state index contributed by atoms with van der Waals surface area (Å²) in [5, 5.41) is 10.8. The van der Waals surface area contributed by atoms with E-state index in [1.54, 1.807) is 4.90 Å². The summed E-state index contributed by atoms with van der Waals surface area (Å²) >= 11 is 0. The van der Waals surface area contributed by atoms with Crippen LogP contribution in [0.3, 0.4) is 0 Å². The van der Waals surface area contributed by atoms with E-state index >= 15 is 0 Å². The summed E-state index contributed by atoms with van der Waals surface area (Å²) in [6.45, 7) is 10.2. The molecule has 0 bridgehead atoms. The summed E-state index contributed by atoms with van der Waals surface area (Å²) in [4.78, 5) is 15.9. The van der Waals surface area contributed by atoms with Gasteiger partial charge in [-0.3, -0.25) is 4.90 Å². The summed E-state index contributed by atoms with van der Waals surface area (Å²) < 4.78 is 37.8. The molecule has 1 aromatic heterocycles. The average Bonchev–Trinajstić information content (AvgIpc) is 3.18. The second-order valence-electron chi connectivity index (χ2n) is 7.83. The number of aromatic nitrogens is 2. The number of carbonyl (C=O) groups is 1. The number of nitrogens with zero attached hydrogens (tertiary/aromatic N) is 4. The summed E-state index contributed by atoms with van der Waals surface area (Å²) in [6.07, 6.45) is -2.49. The Morgan fingerprint density at radius 1 is 1.23 bits per heavy atom. The van der Waals surface area contributed by atoms with Crippen LogP contribution in [-0.2, 0) is 17.7 Å². The molecule has 0 atom stereocenters. The number of benzene rings is 1. The highest BCUT2D eigenvalue weighted by Gasteiger charge is 2.24. The van der Waals surface area contributed by atoms with Gasteiger partial charge in [0.2, 0.25) is 5.89 Å². The zero-order valence-electron chi connectivity index (χ0n) is 18.3. The number of aryl methyl sites for hydroxylation is 1. The van der Waals surface area contributed by atoms with Gasteiger partial charge in [0.05, 0.1) is 6.10 Å². The Balaban J connectivity index is 1.72. The summed E-state index contributed by atoms with van der Waals surface area (Å²) in [5.41, 5.74) is 2.06. The Labute approximate surface area is 180 Å². The van der Waals surface area contributed by atoms with Gasteiger partial charge in [-0.1, -0.05) is 12.0 Å². The first-order valence-corrected chi connectivity index (χ1v) is 10.5. The number of hydrogen-bond acceptors (Lipinski definition) is 7. The van der Waals surface area contributed by atoms with E-state index < -0.39 is 6.43 Å². The van der Waals surface area contributed by atoms with Crippen molar-refractivity contribution in [3.8, 4) is 0 Å². The standard InChI is InChI=1S/C21H29F2N5O3/c1-5-18-25-26-20(31-18)24-17-11-15(19(22)23)10-16(14(17)4)12-27-6-8-28(9-7-27)21(29)30-13(2)3/h10-11,13,19H,5-9,12H2,1-4H3,(H,24,26). The molecule has 170 valence electrons. The lowest BCUT2D eigenvalue weighted by Gasteiger charge is -2.34. The van der Waals surface area contributed by atoms with Crippen LogP contribution in [0.1, 0.15) is 49.8 Å². The van der Waals surface area contributed by atoms with Crippen molar-refractivity contribution in [1.82, 2.24) is 20.0 Å². The van der Waals surface area contributed by atoms with Crippen LogP contribution in [-0.4, -0.2) is 58.4 Å². The molecule has 1 amide bonds. The summed E-state index contributed by atoms with van der Waals surface area (Å²) in [6, 6.07) is 3.13. The van der Waals surface area contributed by atoms with Gasteiger partial charge in [-0.2, -0.15) is 0 Å². The third kappa shape index (κ3) is 5.90. The Hall–Kier alpha value is -2.75.